The van der Waals surface area contributed by atoms with Crippen LogP contribution in [0.2, 0.25) is 0 Å². The Hall–Kier alpha value is -4.13. The summed E-state index contributed by atoms with van der Waals surface area (Å²) in [7, 11) is 0. The summed E-state index contributed by atoms with van der Waals surface area (Å²) in [5.74, 6) is 0.661. The van der Waals surface area contributed by atoms with Crippen molar-refractivity contribution in [3.63, 3.8) is 0 Å². The second-order valence-corrected chi connectivity index (χ2v) is 7.86. The molecule has 0 saturated heterocycles. The molecule has 7 nitrogen and oxygen atoms in total. The van der Waals surface area contributed by atoms with Gasteiger partial charge in [0.2, 0.25) is 0 Å². The molecule has 4 aromatic heterocycles. The summed E-state index contributed by atoms with van der Waals surface area (Å²) >= 11 is 0. The molecule has 4 heterocycles. The fourth-order valence-electron chi connectivity index (χ4n) is 4.01. The zero-order chi connectivity index (χ0) is 22.1. The lowest BCUT2D eigenvalue weighted by molar-refractivity contribution is 0.0939. The van der Waals surface area contributed by atoms with Crippen LogP contribution in [0.25, 0.3) is 16.7 Å². The van der Waals surface area contributed by atoms with Gasteiger partial charge < -0.3 is 14.1 Å². The number of pyridine rings is 1. The smallest absolute Gasteiger partial charge is 0.276 e. The quantitative estimate of drug-likeness (QED) is 0.449. The van der Waals surface area contributed by atoms with E-state index < -0.39 is 0 Å². The molecule has 7 heteroatoms. The highest BCUT2D eigenvalue weighted by Crippen LogP contribution is 2.15. The van der Waals surface area contributed by atoms with E-state index >= 15 is 0 Å². The third-order valence-corrected chi connectivity index (χ3v) is 5.49. The van der Waals surface area contributed by atoms with Crippen molar-refractivity contribution in [2.75, 3.05) is 0 Å². The van der Waals surface area contributed by atoms with Crippen molar-refractivity contribution in [2.45, 2.75) is 25.9 Å². The molecule has 0 fully saturated rings. The van der Waals surface area contributed by atoms with Gasteiger partial charge in [-0.05, 0) is 61.0 Å². The van der Waals surface area contributed by atoms with E-state index in [9.17, 15) is 9.59 Å². The molecular weight excluding hydrogens is 404 g/mol. The van der Waals surface area contributed by atoms with Crippen LogP contribution in [0.5, 0.6) is 0 Å². The highest BCUT2D eigenvalue weighted by Gasteiger charge is 2.14. The minimum Gasteiger partial charge on any atom is -0.469 e. The Labute approximate surface area is 183 Å². The van der Waals surface area contributed by atoms with Gasteiger partial charge in [0.1, 0.15) is 11.3 Å². The average molecular weight is 426 g/mol. The minimum absolute atomic E-state index is 0.0788. The van der Waals surface area contributed by atoms with Crippen molar-refractivity contribution in [3.8, 4) is 0 Å². The van der Waals surface area contributed by atoms with E-state index in [1.165, 1.54) is 0 Å². The number of hydrogen-bond donors (Lipinski definition) is 1. The van der Waals surface area contributed by atoms with Crippen molar-refractivity contribution >= 4 is 22.6 Å². The Morgan fingerprint density at radius 1 is 1.09 bits per heavy atom. The van der Waals surface area contributed by atoms with Gasteiger partial charge >= 0.3 is 0 Å². The van der Waals surface area contributed by atoms with E-state index in [0.717, 1.165) is 16.8 Å². The van der Waals surface area contributed by atoms with Crippen molar-refractivity contribution in [3.05, 3.63) is 107 Å². The lowest BCUT2D eigenvalue weighted by Gasteiger charge is -2.14. The molecule has 0 spiro atoms. The van der Waals surface area contributed by atoms with E-state index in [0.29, 0.717) is 29.7 Å². The molecule has 1 N–H and O–H groups in total. The van der Waals surface area contributed by atoms with Gasteiger partial charge in [-0.1, -0.05) is 12.1 Å². The summed E-state index contributed by atoms with van der Waals surface area (Å²) in [5, 5.41) is 3.00. The van der Waals surface area contributed by atoms with E-state index in [4.69, 9.17) is 4.42 Å². The number of carbonyl (C=O) groups is 1. The van der Waals surface area contributed by atoms with Crippen LogP contribution in [-0.2, 0) is 13.0 Å². The molecule has 1 atom stereocenters. The third kappa shape index (κ3) is 3.69. The van der Waals surface area contributed by atoms with Gasteiger partial charge in [0, 0.05) is 30.4 Å². The molecule has 0 bridgehead atoms. The first-order valence-corrected chi connectivity index (χ1v) is 10.5. The molecule has 160 valence electrons. The zero-order valence-corrected chi connectivity index (χ0v) is 17.6. The van der Waals surface area contributed by atoms with Gasteiger partial charge in [0.25, 0.3) is 11.5 Å². The largest absolute Gasteiger partial charge is 0.469 e. The zero-order valence-electron chi connectivity index (χ0n) is 17.6. The van der Waals surface area contributed by atoms with E-state index in [-0.39, 0.29) is 17.5 Å². The highest BCUT2D eigenvalue weighted by molar-refractivity contribution is 5.94. The summed E-state index contributed by atoms with van der Waals surface area (Å²) < 4.78 is 8.86. The van der Waals surface area contributed by atoms with Crippen molar-refractivity contribution in [2.24, 2.45) is 0 Å². The van der Waals surface area contributed by atoms with E-state index in [2.05, 4.69) is 10.3 Å². The van der Waals surface area contributed by atoms with Gasteiger partial charge in [-0.25, -0.2) is 4.98 Å². The number of benzene rings is 1. The van der Waals surface area contributed by atoms with E-state index in [1.807, 2.05) is 66.1 Å². The summed E-state index contributed by atoms with van der Waals surface area (Å²) in [6.07, 6.45) is 5.78. The minimum atomic E-state index is -0.164. The molecule has 1 unspecified atom stereocenters. The van der Waals surface area contributed by atoms with Crippen LogP contribution in [0.1, 0.15) is 28.6 Å². The monoisotopic (exact) mass is 426 g/mol. The molecule has 0 saturated carbocycles. The number of nitrogens with zero attached hydrogens (tertiary/aromatic N) is 3. The van der Waals surface area contributed by atoms with Crippen molar-refractivity contribution < 1.29 is 9.21 Å². The number of furan rings is 1. The number of rotatable bonds is 6. The first-order chi connectivity index (χ1) is 15.6. The normalized spacial score (nSPS) is 12.3. The highest BCUT2D eigenvalue weighted by atomic mass is 16.3. The second-order valence-electron chi connectivity index (χ2n) is 7.86. The number of nitrogens with one attached hydrogen (secondary N) is 1. The predicted octanol–water partition coefficient (Wildman–Crippen LogP) is 3.65. The summed E-state index contributed by atoms with van der Waals surface area (Å²) in [6, 6.07) is 18.4. The maximum absolute atomic E-state index is 13.1. The summed E-state index contributed by atoms with van der Waals surface area (Å²) in [6.45, 7) is 2.26. The molecular formula is C25H22N4O3. The first kappa shape index (κ1) is 19.8. The molecule has 0 aliphatic carbocycles. The Morgan fingerprint density at radius 2 is 1.97 bits per heavy atom. The molecule has 1 aromatic carbocycles. The number of hydrogen-bond acceptors (Lipinski definition) is 4. The topological polar surface area (TPSA) is 81.5 Å². The molecule has 0 radical (unpaired) electrons. The van der Waals surface area contributed by atoms with Crippen LogP contribution in [0.3, 0.4) is 0 Å². The van der Waals surface area contributed by atoms with Crippen LogP contribution in [0.15, 0.2) is 88.5 Å². The number of amides is 1. The lowest BCUT2D eigenvalue weighted by atomic mass is 10.1. The maximum atomic E-state index is 13.1. The van der Waals surface area contributed by atoms with Crippen molar-refractivity contribution in [1.82, 2.24) is 19.3 Å². The third-order valence-electron chi connectivity index (χ3n) is 5.49. The predicted molar refractivity (Wildman–Crippen MR) is 122 cm³/mol. The van der Waals surface area contributed by atoms with Gasteiger partial charge in [-0.15, -0.1) is 0 Å². The molecule has 0 aliphatic rings. The SMILES string of the molecule is CC(Cc1ccco1)NC(=O)c1cccc(Cn2c(=O)c3cccn3c3cccnc32)c1. The lowest BCUT2D eigenvalue weighted by Crippen LogP contribution is -2.34. The van der Waals surface area contributed by atoms with Crippen LogP contribution in [-0.4, -0.2) is 25.9 Å². The summed E-state index contributed by atoms with van der Waals surface area (Å²) in [5.41, 5.74) is 3.31. The Kier molecular flexibility index (Phi) is 5.07. The number of aromatic nitrogens is 3. The fraction of sp³-hybridized carbons (Fsp3) is 0.160. The Bertz CT molecular complexity index is 1460. The second kappa shape index (κ2) is 8.19. The number of fused-ring (bicyclic) bond motifs is 3. The van der Waals surface area contributed by atoms with Crippen LogP contribution in [0, 0.1) is 0 Å². The van der Waals surface area contributed by atoms with Gasteiger partial charge in [-0.2, -0.15) is 0 Å². The van der Waals surface area contributed by atoms with Crippen molar-refractivity contribution in [1.29, 1.82) is 0 Å². The summed E-state index contributed by atoms with van der Waals surface area (Å²) in [4.78, 5) is 30.4. The molecule has 32 heavy (non-hydrogen) atoms. The standard InChI is InChI=1S/C25H22N4O3/c1-17(14-20-8-5-13-32-20)27-24(30)19-7-2-6-18(15-19)16-29-23-21(9-3-11-26-23)28-12-4-10-22(28)25(29)31/h2-13,15,17H,14,16H2,1H3,(H,27,30). The van der Waals surface area contributed by atoms with Crippen LogP contribution in [0.4, 0.5) is 0 Å². The molecule has 5 rings (SSSR count). The van der Waals surface area contributed by atoms with E-state index in [1.54, 1.807) is 29.2 Å². The van der Waals surface area contributed by atoms with Gasteiger partial charge in [0.15, 0.2) is 5.65 Å². The van der Waals surface area contributed by atoms with Gasteiger partial charge in [-0.3, -0.25) is 14.2 Å². The average Bonchev–Trinajstić information content (AvgIpc) is 3.49. The van der Waals surface area contributed by atoms with Crippen LogP contribution >= 0.6 is 0 Å². The Morgan fingerprint density at radius 3 is 2.81 bits per heavy atom. The Balaban J connectivity index is 1.43. The van der Waals surface area contributed by atoms with Gasteiger partial charge in [0.05, 0.1) is 18.3 Å². The van der Waals surface area contributed by atoms with Crippen LogP contribution < -0.4 is 10.9 Å². The maximum Gasteiger partial charge on any atom is 0.276 e. The first-order valence-electron chi connectivity index (χ1n) is 10.5. The molecule has 5 aromatic rings. The number of carbonyl (C=O) groups excluding carboxylic acids is 1. The molecule has 1 amide bonds. The fourth-order valence-corrected chi connectivity index (χ4v) is 4.01. The molecule has 0 aliphatic heterocycles.